The lowest BCUT2D eigenvalue weighted by molar-refractivity contribution is 0.142. The molecule has 0 atom stereocenters. The zero-order valence-electron chi connectivity index (χ0n) is 17.4. The molecule has 1 aromatic carbocycles. The van der Waals surface area contributed by atoms with E-state index in [0.717, 1.165) is 0 Å². The standard InChI is InChI=1S/C18H34O6Si2/c1-19-9-11-21-15-13-18(24-26(6,7)8)16(22-12-10-20-2)14-17(15)23-25(3,4)5/h13-14H,9-12H2,1-8H3. The molecule has 0 amide bonds. The van der Waals surface area contributed by atoms with Gasteiger partial charge in [0.25, 0.3) is 0 Å². The zero-order chi connectivity index (χ0) is 19.8. The predicted octanol–water partition coefficient (Wildman–Crippen LogP) is 4.16. The minimum atomic E-state index is -1.83. The molecule has 0 unspecified atom stereocenters. The number of ether oxygens (including phenoxy) is 4. The molecule has 0 radical (unpaired) electrons. The van der Waals surface area contributed by atoms with Crippen molar-refractivity contribution in [2.24, 2.45) is 0 Å². The van der Waals surface area contributed by atoms with Crippen LogP contribution in [0.15, 0.2) is 12.1 Å². The third kappa shape index (κ3) is 8.93. The molecule has 8 heteroatoms. The molecule has 0 spiro atoms. The highest BCUT2D eigenvalue weighted by Gasteiger charge is 2.24. The van der Waals surface area contributed by atoms with E-state index < -0.39 is 16.6 Å². The van der Waals surface area contributed by atoms with Crippen LogP contribution in [-0.2, 0) is 9.47 Å². The zero-order valence-corrected chi connectivity index (χ0v) is 19.4. The van der Waals surface area contributed by atoms with Crippen molar-refractivity contribution in [2.75, 3.05) is 40.6 Å². The summed E-state index contributed by atoms with van der Waals surface area (Å²) < 4.78 is 34.4. The van der Waals surface area contributed by atoms with Gasteiger partial charge in [0, 0.05) is 26.4 Å². The first kappa shape index (κ1) is 22.8. The second-order valence-electron chi connectivity index (χ2n) is 7.86. The molecule has 0 bridgehead atoms. The van der Waals surface area contributed by atoms with E-state index in [1.807, 2.05) is 12.1 Å². The Hall–Kier alpha value is -1.23. The van der Waals surface area contributed by atoms with Crippen LogP contribution in [0, 0.1) is 0 Å². The van der Waals surface area contributed by atoms with Gasteiger partial charge in [-0.25, -0.2) is 0 Å². The Balaban J connectivity index is 3.23. The third-order valence-electron chi connectivity index (χ3n) is 2.93. The van der Waals surface area contributed by atoms with Crippen molar-refractivity contribution >= 4 is 16.6 Å². The van der Waals surface area contributed by atoms with Crippen molar-refractivity contribution in [1.29, 1.82) is 0 Å². The first-order valence-corrected chi connectivity index (χ1v) is 15.7. The molecule has 0 aromatic heterocycles. The Morgan fingerprint density at radius 2 is 0.923 bits per heavy atom. The molecule has 0 fully saturated rings. The molecule has 6 nitrogen and oxygen atoms in total. The number of rotatable bonds is 12. The van der Waals surface area contributed by atoms with Gasteiger partial charge in [-0.2, -0.15) is 0 Å². The number of benzene rings is 1. The highest BCUT2D eigenvalue weighted by molar-refractivity contribution is 6.70. The SMILES string of the molecule is COCCOc1cc(O[Si](C)(C)C)c(OCCOC)cc1O[Si](C)(C)C. The molecule has 1 rings (SSSR count). The molecule has 0 aliphatic heterocycles. The number of methoxy groups -OCH3 is 2. The summed E-state index contributed by atoms with van der Waals surface area (Å²) in [4.78, 5) is 0. The summed E-state index contributed by atoms with van der Waals surface area (Å²) in [6.45, 7) is 14.7. The Kier molecular flexibility index (Phi) is 8.95. The quantitative estimate of drug-likeness (QED) is 0.386. The predicted molar refractivity (Wildman–Crippen MR) is 109 cm³/mol. The Morgan fingerprint density at radius 3 is 1.19 bits per heavy atom. The van der Waals surface area contributed by atoms with E-state index >= 15 is 0 Å². The Labute approximate surface area is 160 Å². The summed E-state index contributed by atoms with van der Waals surface area (Å²) in [7, 11) is -0.355. The van der Waals surface area contributed by atoms with Gasteiger partial charge in [-0.3, -0.25) is 0 Å². The minimum Gasteiger partial charge on any atom is -0.542 e. The van der Waals surface area contributed by atoms with Crippen LogP contribution in [0.1, 0.15) is 0 Å². The molecule has 0 saturated heterocycles. The van der Waals surface area contributed by atoms with Gasteiger partial charge in [-0.1, -0.05) is 0 Å². The van der Waals surface area contributed by atoms with E-state index in [-0.39, 0.29) is 0 Å². The Bertz CT molecular complexity index is 502. The minimum absolute atomic E-state index is 0.439. The van der Waals surface area contributed by atoms with Crippen LogP contribution in [0.2, 0.25) is 39.3 Å². The fraction of sp³-hybridized carbons (Fsp3) is 0.667. The van der Waals surface area contributed by atoms with E-state index in [4.69, 9.17) is 27.8 Å². The summed E-state index contributed by atoms with van der Waals surface area (Å²) in [6.07, 6.45) is 0. The summed E-state index contributed by atoms with van der Waals surface area (Å²) in [5.74, 6) is 2.65. The van der Waals surface area contributed by atoms with Crippen molar-refractivity contribution < 1.29 is 27.8 Å². The second kappa shape index (κ2) is 10.2. The van der Waals surface area contributed by atoms with Crippen molar-refractivity contribution in [3.05, 3.63) is 12.1 Å². The molecule has 1 aromatic rings. The molecule has 0 saturated carbocycles. The van der Waals surface area contributed by atoms with Gasteiger partial charge in [-0.15, -0.1) is 0 Å². The largest absolute Gasteiger partial charge is 0.542 e. The number of hydrogen-bond acceptors (Lipinski definition) is 6. The molecule has 0 aliphatic rings. The van der Waals surface area contributed by atoms with Crippen LogP contribution in [0.5, 0.6) is 23.0 Å². The van der Waals surface area contributed by atoms with Crippen LogP contribution in [0.4, 0.5) is 0 Å². The van der Waals surface area contributed by atoms with Gasteiger partial charge in [-0.05, 0) is 39.3 Å². The van der Waals surface area contributed by atoms with Crippen LogP contribution in [0.25, 0.3) is 0 Å². The summed E-state index contributed by atoms with van der Waals surface area (Å²) in [5, 5.41) is 0. The molecular formula is C18H34O6Si2. The van der Waals surface area contributed by atoms with E-state index in [0.29, 0.717) is 49.4 Å². The van der Waals surface area contributed by atoms with Gasteiger partial charge >= 0.3 is 0 Å². The van der Waals surface area contributed by atoms with Gasteiger partial charge in [0.2, 0.25) is 16.6 Å². The van der Waals surface area contributed by atoms with Crippen LogP contribution >= 0.6 is 0 Å². The first-order valence-electron chi connectivity index (χ1n) is 8.85. The molecular weight excluding hydrogens is 368 g/mol. The molecule has 150 valence electrons. The third-order valence-corrected chi connectivity index (χ3v) is 4.60. The maximum absolute atomic E-state index is 6.21. The molecule has 0 N–H and O–H groups in total. The van der Waals surface area contributed by atoms with Gasteiger partial charge < -0.3 is 27.8 Å². The topological polar surface area (TPSA) is 55.4 Å². The molecule has 0 heterocycles. The fourth-order valence-electron chi connectivity index (χ4n) is 2.04. The summed E-state index contributed by atoms with van der Waals surface area (Å²) >= 11 is 0. The van der Waals surface area contributed by atoms with E-state index in [2.05, 4.69) is 39.3 Å². The monoisotopic (exact) mass is 402 g/mol. The fourth-order valence-corrected chi connectivity index (χ4v) is 3.68. The van der Waals surface area contributed by atoms with Crippen LogP contribution in [0.3, 0.4) is 0 Å². The normalized spacial score (nSPS) is 12.0. The molecule has 26 heavy (non-hydrogen) atoms. The van der Waals surface area contributed by atoms with Crippen LogP contribution < -0.4 is 18.3 Å². The number of hydrogen-bond donors (Lipinski definition) is 0. The summed E-state index contributed by atoms with van der Waals surface area (Å²) in [5.41, 5.74) is 0. The van der Waals surface area contributed by atoms with E-state index in [1.54, 1.807) is 14.2 Å². The van der Waals surface area contributed by atoms with Crippen molar-refractivity contribution in [3.63, 3.8) is 0 Å². The van der Waals surface area contributed by atoms with Crippen molar-refractivity contribution in [3.8, 4) is 23.0 Å². The Morgan fingerprint density at radius 1 is 0.577 bits per heavy atom. The van der Waals surface area contributed by atoms with Gasteiger partial charge in [0.1, 0.15) is 13.2 Å². The maximum atomic E-state index is 6.21. The smallest absolute Gasteiger partial charge is 0.242 e. The highest BCUT2D eigenvalue weighted by atomic mass is 28.4. The van der Waals surface area contributed by atoms with Crippen molar-refractivity contribution in [2.45, 2.75) is 39.3 Å². The lowest BCUT2D eigenvalue weighted by Crippen LogP contribution is -2.30. The lowest BCUT2D eigenvalue weighted by atomic mass is 10.2. The maximum Gasteiger partial charge on any atom is 0.242 e. The van der Waals surface area contributed by atoms with E-state index in [9.17, 15) is 0 Å². The average molecular weight is 403 g/mol. The second-order valence-corrected chi connectivity index (χ2v) is 16.7. The summed E-state index contributed by atoms with van der Waals surface area (Å²) in [6, 6.07) is 3.73. The average Bonchev–Trinajstić information content (AvgIpc) is 2.48. The first-order chi connectivity index (χ1) is 12.1. The van der Waals surface area contributed by atoms with Gasteiger partial charge in [0.05, 0.1) is 13.2 Å². The van der Waals surface area contributed by atoms with Crippen molar-refractivity contribution in [1.82, 2.24) is 0 Å². The highest BCUT2D eigenvalue weighted by Crippen LogP contribution is 2.41. The van der Waals surface area contributed by atoms with E-state index in [1.165, 1.54) is 0 Å². The van der Waals surface area contributed by atoms with Gasteiger partial charge in [0.15, 0.2) is 23.0 Å². The molecule has 0 aliphatic carbocycles. The van der Waals surface area contributed by atoms with Crippen LogP contribution in [-0.4, -0.2) is 57.3 Å². The lowest BCUT2D eigenvalue weighted by Gasteiger charge is -2.26.